The van der Waals surface area contributed by atoms with Crippen molar-refractivity contribution in [3.05, 3.63) is 58.6 Å². The number of rotatable bonds is 5. The van der Waals surface area contributed by atoms with Gasteiger partial charge in [-0.25, -0.2) is 8.42 Å². The fourth-order valence-electron chi connectivity index (χ4n) is 1.94. The minimum atomic E-state index is -3.29. The van der Waals surface area contributed by atoms with E-state index in [0.29, 0.717) is 5.69 Å². The predicted octanol–water partition coefficient (Wildman–Crippen LogP) is 3.03. The van der Waals surface area contributed by atoms with Crippen molar-refractivity contribution in [2.45, 2.75) is 6.42 Å². The Hall–Kier alpha value is -1.86. The SMILES string of the molecule is CN(c1ccc(CC(=O)Nc2ccc(Br)cc2)cc1)S(C)(=O)=O. The van der Waals surface area contributed by atoms with Crippen LogP contribution in [0.1, 0.15) is 5.56 Å². The molecule has 0 fully saturated rings. The minimum absolute atomic E-state index is 0.128. The number of carbonyl (C=O) groups is 1. The van der Waals surface area contributed by atoms with Crippen LogP contribution in [0.15, 0.2) is 53.0 Å². The maximum atomic E-state index is 12.0. The molecular weight excluding hydrogens is 380 g/mol. The van der Waals surface area contributed by atoms with E-state index in [2.05, 4.69) is 21.2 Å². The highest BCUT2D eigenvalue weighted by Gasteiger charge is 2.12. The molecule has 122 valence electrons. The van der Waals surface area contributed by atoms with Gasteiger partial charge in [0.2, 0.25) is 15.9 Å². The van der Waals surface area contributed by atoms with Gasteiger partial charge in [-0.2, -0.15) is 0 Å². The number of benzene rings is 2. The van der Waals surface area contributed by atoms with Gasteiger partial charge in [0.1, 0.15) is 0 Å². The summed E-state index contributed by atoms with van der Waals surface area (Å²) < 4.78 is 25.1. The van der Waals surface area contributed by atoms with Gasteiger partial charge >= 0.3 is 0 Å². The van der Waals surface area contributed by atoms with Crippen molar-refractivity contribution in [1.82, 2.24) is 0 Å². The highest BCUT2D eigenvalue weighted by atomic mass is 79.9. The Balaban J connectivity index is 2.00. The third kappa shape index (κ3) is 5.07. The first-order valence-electron chi connectivity index (χ1n) is 6.84. The van der Waals surface area contributed by atoms with Gasteiger partial charge in [0.15, 0.2) is 0 Å². The number of sulfonamides is 1. The predicted molar refractivity (Wildman–Crippen MR) is 96.2 cm³/mol. The number of hydrogen-bond acceptors (Lipinski definition) is 3. The number of halogens is 1. The average molecular weight is 397 g/mol. The summed E-state index contributed by atoms with van der Waals surface area (Å²) in [5.74, 6) is -0.128. The zero-order chi connectivity index (χ0) is 17.0. The van der Waals surface area contributed by atoms with Crippen molar-refractivity contribution >= 4 is 43.2 Å². The summed E-state index contributed by atoms with van der Waals surface area (Å²) in [5.41, 5.74) is 2.10. The van der Waals surface area contributed by atoms with Gasteiger partial charge < -0.3 is 5.32 Å². The molecule has 0 aliphatic rings. The van der Waals surface area contributed by atoms with E-state index < -0.39 is 10.0 Å². The van der Waals surface area contributed by atoms with Crippen LogP contribution in [0.4, 0.5) is 11.4 Å². The topological polar surface area (TPSA) is 66.5 Å². The van der Waals surface area contributed by atoms with Crippen LogP contribution in [0, 0.1) is 0 Å². The number of amides is 1. The van der Waals surface area contributed by atoms with Crippen LogP contribution in [0.5, 0.6) is 0 Å². The average Bonchev–Trinajstić information content (AvgIpc) is 2.49. The third-order valence-corrected chi connectivity index (χ3v) is 5.02. The molecule has 23 heavy (non-hydrogen) atoms. The lowest BCUT2D eigenvalue weighted by Gasteiger charge is -2.16. The van der Waals surface area contributed by atoms with Gasteiger partial charge in [-0.3, -0.25) is 9.10 Å². The Morgan fingerprint density at radius 3 is 2.17 bits per heavy atom. The smallest absolute Gasteiger partial charge is 0.231 e. The molecule has 0 unspecified atom stereocenters. The van der Waals surface area contributed by atoms with E-state index >= 15 is 0 Å². The van der Waals surface area contributed by atoms with Gasteiger partial charge in [-0.05, 0) is 42.0 Å². The Morgan fingerprint density at radius 2 is 1.65 bits per heavy atom. The van der Waals surface area contributed by atoms with E-state index in [1.165, 1.54) is 11.4 Å². The first-order chi connectivity index (χ1) is 10.8. The summed E-state index contributed by atoms with van der Waals surface area (Å²) in [6, 6.07) is 14.2. The molecule has 0 bridgehead atoms. The van der Waals surface area contributed by atoms with E-state index in [-0.39, 0.29) is 12.3 Å². The third-order valence-electron chi connectivity index (χ3n) is 3.29. The van der Waals surface area contributed by atoms with Crippen LogP contribution >= 0.6 is 15.9 Å². The summed E-state index contributed by atoms with van der Waals surface area (Å²) in [7, 11) is -1.80. The Bertz CT molecular complexity index is 787. The summed E-state index contributed by atoms with van der Waals surface area (Å²) in [4.78, 5) is 12.0. The molecule has 0 heterocycles. The van der Waals surface area contributed by atoms with Crippen molar-refractivity contribution < 1.29 is 13.2 Å². The Labute approximate surface area is 144 Å². The van der Waals surface area contributed by atoms with Crippen molar-refractivity contribution in [2.24, 2.45) is 0 Å². The van der Waals surface area contributed by atoms with Crippen LogP contribution in [0.2, 0.25) is 0 Å². The fourth-order valence-corrected chi connectivity index (χ4v) is 2.71. The fraction of sp³-hybridized carbons (Fsp3) is 0.188. The lowest BCUT2D eigenvalue weighted by Crippen LogP contribution is -2.24. The lowest BCUT2D eigenvalue weighted by atomic mass is 10.1. The van der Waals surface area contributed by atoms with Crippen molar-refractivity contribution in [1.29, 1.82) is 0 Å². The van der Waals surface area contributed by atoms with Crippen molar-refractivity contribution in [3.8, 4) is 0 Å². The molecule has 7 heteroatoms. The molecular formula is C16H17BrN2O3S. The van der Waals surface area contributed by atoms with Gasteiger partial charge in [-0.1, -0.05) is 28.1 Å². The zero-order valence-electron chi connectivity index (χ0n) is 12.8. The van der Waals surface area contributed by atoms with Crippen LogP contribution in [0.25, 0.3) is 0 Å². The van der Waals surface area contributed by atoms with Crippen molar-refractivity contribution in [3.63, 3.8) is 0 Å². The number of anilines is 2. The second-order valence-corrected chi connectivity index (χ2v) is 8.06. The number of carbonyl (C=O) groups excluding carboxylic acids is 1. The van der Waals surface area contributed by atoms with Crippen LogP contribution in [0.3, 0.4) is 0 Å². The first-order valence-corrected chi connectivity index (χ1v) is 9.48. The number of nitrogens with zero attached hydrogens (tertiary/aromatic N) is 1. The molecule has 1 N–H and O–H groups in total. The minimum Gasteiger partial charge on any atom is -0.326 e. The summed E-state index contributed by atoms with van der Waals surface area (Å²) in [6.45, 7) is 0. The molecule has 0 aliphatic carbocycles. The summed E-state index contributed by atoms with van der Waals surface area (Å²) in [5, 5.41) is 2.81. The quantitative estimate of drug-likeness (QED) is 0.844. The molecule has 2 aromatic rings. The normalized spacial score (nSPS) is 11.1. The van der Waals surface area contributed by atoms with E-state index in [0.717, 1.165) is 22.0 Å². The standard InChI is InChI=1S/C16H17BrN2O3S/c1-19(23(2,21)22)15-9-3-12(4-10-15)11-16(20)18-14-7-5-13(17)6-8-14/h3-10H,11H2,1-2H3,(H,18,20). The maximum absolute atomic E-state index is 12.0. The maximum Gasteiger partial charge on any atom is 0.231 e. The number of hydrogen-bond donors (Lipinski definition) is 1. The second kappa shape index (κ2) is 7.14. The van der Waals surface area contributed by atoms with Crippen LogP contribution in [-0.4, -0.2) is 27.6 Å². The van der Waals surface area contributed by atoms with E-state index in [1.54, 1.807) is 24.3 Å². The van der Waals surface area contributed by atoms with Crippen LogP contribution in [-0.2, 0) is 21.2 Å². The lowest BCUT2D eigenvalue weighted by molar-refractivity contribution is -0.115. The molecule has 0 aliphatic heterocycles. The van der Waals surface area contributed by atoms with Gasteiger partial charge in [0.05, 0.1) is 18.4 Å². The molecule has 5 nitrogen and oxygen atoms in total. The molecule has 0 aromatic heterocycles. The van der Waals surface area contributed by atoms with Gasteiger partial charge in [0, 0.05) is 17.2 Å². The summed E-state index contributed by atoms with van der Waals surface area (Å²) in [6.07, 6.45) is 1.37. The zero-order valence-corrected chi connectivity index (χ0v) is 15.2. The number of nitrogens with one attached hydrogen (secondary N) is 1. The molecule has 2 rings (SSSR count). The van der Waals surface area contributed by atoms with Crippen LogP contribution < -0.4 is 9.62 Å². The molecule has 0 spiro atoms. The highest BCUT2D eigenvalue weighted by molar-refractivity contribution is 9.10. The Kier molecular flexibility index (Phi) is 5.43. The Morgan fingerprint density at radius 1 is 1.09 bits per heavy atom. The van der Waals surface area contributed by atoms with Gasteiger partial charge in [0.25, 0.3) is 0 Å². The molecule has 0 radical (unpaired) electrons. The van der Waals surface area contributed by atoms with E-state index in [1.807, 2.05) is 24.3 Å². The monoisotopic (exact) mass is 396 g/mol. The largest absolute Gasteiger partial charge is 0.326 e. The molecule has 0 atom stereocenters. The molecule has 1 amide bonds. The highest BCUT2D eigenvalue weighted by Crippen LogP contribution is 2.17. The van der Waals surface area contributed by atoms with E-state index in [4.69, 9.17) is 0 Å². The second-order valence-electron chi connectivity index (χ2n) is 5.13. The molecule has 0 saturated carbocycles. The van der Waals surface area contributed by atoms with Crippen molar-refractivity contribution in [2.75, 3.05) is 22.9 Å². The first kappa shape index (κ1) is 17.5. The summed E-state index contributed by atoms with van der Waals surface area (Å²) >= 11 is 3.34. The molecule has 2 aromatic carbocycles. The van der Waals surface area contributed by atoms with E-state index in [9.17, 15) is 13.2 Å². The molecule has 0 saturated heterocycles. The van der Waals surface area contributed by atoms with Gasteiger partial charge in [-0.15, -0.1) is 0 Å².